The molecule has 0 spiro atoms. The number of carbonyl (C=O) groups is 1. The Kier molecular flexibility index (Phi) is 5.65. The summed E-state index contributed by atoms with van der Waals surface area (Å²) in [7, 11) is -3.03. The SMILES string of the molecule is CS(=O)(=O)CCN1C(C(=O)O)CC2CCCCC21.Cl. The molecule has 1 heterocycles. The van der Waals surface area contributed by atoms with Gasteiger partial charge in [-0.1, -0.05) is 12.8 Å². The van der Waals surface area contributed by atoms with E-state index in [4.69, 9.17) is 0 Å². The molecule has 5 nitrogen and oxygen atoms in total. The van der Waals surface area contributed by atoms with E-state index in [-0.39, 0.29) is 24.2 Å². The molecule has 1 N–H and O–H groups in total. The lowest BCUT2D eigenvalue weighted by Gasteiger charge is -2.32. The molecule has 19 heavy (non-hydrogen) atoms. The highest BCUT2D eigenvalue weighted by Gasteiger charge is 2.44. The van der Waals surface area contributed by atoms with Crippen LogP contribution in [-0.4, -0.2) is 55.0 Å². The van der Waals surface area contributed by atoms with Crippen LogP contribution in [-0.2, 0) is 14.6 Å². The highest BCUT2D eigenvalue weighted by atomic mass is 35.5. The highest BCUT2D eigenvalue weighted by Crippen LogP contribution is 2.39. The molecule has 1 aliphatic heterocycles. The van der Waals surface area contributed by atoms with Gasteiger partial charge in [-0.15, -0.1) is 12.4 Å². The van der Waals surface area contributed by atoms with Crippen molar-refractivity contribution in [2.75, 3.05) is 18.6 Å². The second kappa shape index (κ2) is 6.41. The first-order chi connectivity index (χ1) is 8.38. The number of carboxylic acid groups (broad SMARTS) is 1. The van der Waals surface area contributed by atoms with E-state index in [2.05, 4.69) is 0 Å². The molecule has 2 fully saturated rings. The van der Waals surface area contributed by atoms with Crippen LogP contribution in [0.4, 0.5) is 0 Å². The molecule has 1 saturated heterocycles. The number of fused-ring (bicyclic) bond motifs is 1. The second-order valence-electron chi connectivity index (χ2n) is 5.57. The Morgan fingerprint density at radius 2 is 1.95 bits per heavy atom. The molecule has 2 rings (SSSR count). The van der Waals surface area contributed by atoms with Gasteiger partial charge in [0.25, 0.3) is 0 Å². The standard InChI is InChI=1S/C12H21NO4S.ClH/c1-18(16,17)7-6-13-10-5-3-2-4-9(10)8-11(13)12(14)15;/h9-11H,2-8H2,1H3,(H,14,15);1H. The van der Waals surface area contributed by atoms with Gasteiger partial charge in [-0.25, -0.2) is 8.42 Å². The topological polar surface area (TPSA) is 74.7 Å². The Balaban J connectivity index is 0.00000180. The average molecular weight is 312 g/mol. The minimum atomic E-state index is -3.03. The molecule has 1 aliphatic carbocycles. The first kappa shape index (κ1) is 16.7. The lowest BCUT2D eigenvalue weighted by atomic mass is 9.85. The molecule has 3 unspecified atom stereocenters. The number of aliphatic carboxylic acids is 1. The summed E-state index contributed by atoms with van der Waals surface area (Å²) < 4.78 is 22.5. The maximum absolute atomic E-state index is 11.3. The number of hydrogen-bond donors (Lipinski definition) is 1. The van der Waals surface area contributed by atoms with Gasteiger partial charge in [0.05, 0.1) is 5.75 Å². The molecule has 2 aliphatic rings. The molecule has 0 bridgehead atoms. The van der Waals surface area contributed by atoms with Gasteiger partial charge in [0.1, 0.15) is 15.9 Å². The fourth-order valence-electron chi connectivity index (χ4n) is 3.39. The third-order valence-corrected chi connectivity index (χ3v) is 5.15. The van der Waals surface area contributed by atoms with Crippen molar-refractivity contribution in [3.05, 3.63) is 0 Å². The smallest absolute Gasteiger partial charge is 0.320 e. The summed E-state index contributed by atoms with van der Waals surface area (Å²) in [6, 6.07) is -0.207. The summed E-state index contributed by atoms with van der Waals surface area (Å²) in [6.45, 7) is 0.358. The highest BCUT2D eigenvalue weighted by molar-refractivity contribution is 7.90. The maximum Gasteiger partial charge on any atom is 0.320 e. The molecular formula is C12H22ClNO4S. The molecule has 0 aromatic carbocycles. The van der Waals surface area contributed by atoms with Crippen molar-refractivity contribution in [2.45, 2.75) is 44.2 Å². The molecule has 7 heteroatoms. The van der Waals surface area contributed by atoms with Gasteiger partial charge in [-0.05, 0) is 25.2 Å². The summed E-state index contributed by atoms with van der Waals surface area (Å²) in [4.78, 5) is 13.2. The molecule has 0 amide bonds. The summed E-state index contributed by atoms with van der Waals surface area (Å²) in [5.74, 6) is -0.308. The molecule has 1 saturated carbocycles. The Hall–Kier alpha value is -0.330. The van der Waals surface area contributed by atoms with Crippen molar-refractivity contribution in [3.8, 4) is 0 Å². The van der Waals surface area contributed by atoms with Crippen molar-refractivity contribution in [1.29, 1.82) is 0 Å². The zero-order valence-corrected chi connectivity index (χ0v) is 12.8. The zero-order valence-electron chi connectivity index (χ0n) is 11.1. The normalized spacial score (nSPS) is 31.5. The van der Waals surface area contributed by atoms with Crippen molar-refractivity contribution in [1.82, 2.24) is 4.90 Å². The monoisotopic (exact) mass is 311 g/mol. The molecule has 0 aromatic heterocycles. The quantitative estimate of drug-likeness (QED) is 0.843. The van der Waals surface area contributed by atoms with Crippen LogP contribution < -0.4 is 0 Å². The number of likely N-dealkylation sites (tertiary alicyclic amines) is 1. The van der Waals surface area contributed by atoms with E-state index in [0.717, 1.165) is 19.3 Å². The van der Waals surface area contributed by atoms with Crippen molar-refractivity contribution in [2.24, 2.45) is 5.92 Å². The van der Waals surface area contributed by atoms with E-state index in [1.807, 2.05) is 4.90 Å². The Labute approximate surface area is 120 Å². The zero-order chi connectivity index (χ0) is 13.3. The lowest BCUT2D eigenvalue weighted by molar-refractivity contribution is -0.142. The maximum atomic E-state index is 11.3. The van der Waals surface area contributed by atoms with Gasteiger partial charge in [0, 0.05) is 18.8 Å². The fourth-order valence-corrected chi connectivity index (χ4v) is 3.93. The van der Waals surface area contributed by atoms with Crippen LogP contribution in [0.3, 0.4) is 0 Å². The van der Waals surface area contributed by atoms with E-state index in [1.165, 1.54) is 12.7 Å². The van der Waals surface area contributed by atoms with Gasteiger partial charge < -0.3 is 5.11 Å². The van der Waals surface area contributed by atoms with E-state index in [9.17, 15) is 18.3 Å². The van der Waals surface area contributed by atoms with Gasteiger partial charge >= 0.3 is 5.97 Å². The van der Waals surface area contributed by atoms with Gasteiger partial charge in [-0.2, -0.15) is 0 Å². The van der Waals surface area contributed by atoms with E-state index in [0.29, 0.717) is 18.9 Å². The van der Waals surface area contributed by atoms with Crippen LogP contribution >= 0.6 is 12.4 Å². The Bertz CT molecular complexity index is 425. The minimum Gasteiger partial charge on any atom is -0.480 e. The van der Waals surface area contributed by atoms with Gasteiger partial charge in [-0.3, -0.25) is 9.69 Å². The van der Waals surface area contributed by atoms with E-state index in [1.54, 1.807) is 0 Å². The number of carboxylic acids is 1. The predicted octanol–water partition coefficient (Wildman–Crippen LogP) is 1.17. The first-order valence-electron chi connectivity index (χ1n) is 6.55. The van der Waals surface area contributed by atoms with E-state index >= 15 is 0 Å². The average Bonchev–Trinajstić information content (AvgIpc) is 2.64. The van der Waals surface area contributed by atoms with Crippen LogP contribution in [0.1, 0.15) is 32.1 Å². The van der Waals surface area contributed by atoms with E-state index < -0.39 is 21.8 Å². The fraction of sp³-hybridized carbons (Fsp3) is 0.917. The summed E-state index contributed by atoms with van der Waals surface area (Å²) >= 11 is 0. The molecular weight excluding hydrogens is 290 g/mol. The number of hydrogen-bond acceptors (Lipinski definition) is 4. The summed E-state index contributed by atoms with van der Waals surface area (Å²) in [6.07, 6.45) is 6.29. The first-order valence-corrected chi connectivity index (χ1v) is 8.61. The van der Waals surface area contributed by atoms with Crippen molar-refractivity contribution < 1.29 is 18.3 Å². The van der Waals surface area contributed by atoms with Crippen LogP contribution in [0, 0.1) is 5.92 Å². The van der Waals surface area contributed by atoms with Crippen molar-refractivity contribution >= 4 is 28.2 Å². The minimum absolute atomic E-state index is 0. The van der Waals surface area contributed by atoms with Crippen LogP contribution in [0.25, 0.3) is 0 Å². The molecule has 0 radical (unpaired) electrons. The van der Waals surface area contributed by atoms with Crippen molar-refractivity contribution in [3.63, 3.8) is 0 Å². The Morgan fingerprint density at radius 3 is 2.53 bits per heavy atom. The molecule has 112 valence electrons. The van der Waals surface area contributed by atoms with Crippen LogP contribution in [0.5, 0.6) is 0 Å². The third-order valence-electron chi connectivity index (χ3n) is 4.23. The largest absolute Gasteiger partial charge is 0.480 e. The Morgan fingerprint density at radius 1 is 1.32 bits per heavy atom. The number of sulfone groups is 1. The van der Waals surface area contributed by atoms with Gasteiger partial charge in [0.15, 0.2) is 0 Å². The summed E-state index contributed by atoms with van der Waals surface area (Å²) in [5.41, 5.74) is 0. The number of rotatable bonds is 4. The summed E-state index contributed by atoms with van der Waals surface area (Å²) in [5, 5.41) is 9.27. The number of halogens is 1. The lowest BCUT2D eigenvalue weighted by Crippen LogP contribution is -2.44. The molecule has 3 atom stereocenters. The third kappa shape index (κ3) is 4.07. The second-order valence-corrected chi connectivity index (χ2v) is 7.83. The number of nitrogens with zero attached hydrogens (tertiary/aromatic N) is 1. The van der Waals surface area contributed by atoms with Gasteiger partial charge in [0.2, 0.25) is 0 Å². The van der Waals surface area contributed by atoms with Crippen LogP contribution in [0.15, 0.2) is 0 Å². The molecule has 0 aromatic rings. The predicted molar refractivity (Wildman–Crippen MR) is 75.5 cm³/mol. The van der Waals surface area contributed by atoms with Crippen LogP contribution in [0.2, 0.25) is 0 Å².